The van der Waals surface area contributed by atoms with E-state index in [0.717, 1.165) is 6.42 Å². The normalized spacial score (nSPS) is 13.0. The Hall–Kier alpha value is -1.83. The van der Waals surface area contributed by atoms with Crippen molar-refractivity contribution < 1.29 is 13.9 Å². The van der Waals surface area contributed by atoms with Gasteiger partial charge in [-0.2, -0.15) is 10.2 Å². The first-order chi connectivity index (χ1) is 10.5. The van der Waals surface area contributed by atoms with Crippen LogP contribution in [0.1, 0.15) is 38.2 Å². The third kappa shape index (κ3) is 3.49. The molecule has 2 rings (SSSR count). The minimum Gasteiger partial charge on any atom is -0.394 e. The van der Waals surface area contributed by atoms with Crippen LogP contribution in [0.4, 0.5) is 8.78 Å². The first-order valence-electron chi connectivity index (χ1n) is 7.33. The van der Waals surface area contributed by atoms with Gasteiger partial charge in [-0.3, -0.25) is 4.68 Å². The van der Waals surface area contributed by atoms with Crippen LogP contribution < -0.4 is 0 Å². The molecule has 2 aromatic rings. The van der Waals surface area contributed by atoms with Gasteiger partial charge >= 0.3 is 0 Å². The van der Waals surface area contributed by atoms with Crippen molar-refractivity contribution in [3.63, 3.8) is 0 Å². The lowest BCUT2D eigenvalue weighted by Crippen LogP contribution is -2.08. The Kier molecular flexibility index (Phi) is 5.23. The van der Waals surface area contributed by atoms with Crippen LogP contribution in [0.3, 0.4) is 0 Å². The molecule has 0 saturated heterocycles. The second-order valence-corrected chi connectivity index (χ2v) is 5.39. The number of hydrogen-bond donors (Lipinski definition) is 1. The molecule has 0 unspecified atom stereocenters. The highest BCUT2D eigenvalue weighted by molar-refractivity contribution is 5.51. The second kappa shape index (κ2) is 6.95. The molecule has 2 aromatic heterocycles. The maximum Gasteiger partial charge on any atom is 0.282 e. The molecule has 6 nitrogen and oxygen atoms in total. The molecule has 0 saturated carbocycles. The molecule has 0 radical (unpaired) electrons. The lowest BCUT2D eigenvalue weighted by Gasteiger charge is -2.03. The predicted octanol–water partition coefficient (Wildman–Crippen LogP) is 2.20. The van der Waals surface area contributed by atoms with Gasteiger partial charge in [0, 0.05) is 13.5 Å². The predicted molar refractivity (Wildman–Crippen MR) is 77.4 cm³/mol. The van der Waals surface area contributed by atoms with Crippen molar-refractivity contribution in [2.45, 2.75) is 39.7 Å². The number of aromatic nitrogens is 5. The average Bonchev–Trinajstić information content (AvgIpc) is 3.03. The van der Waals surface area contributed by atoms with Crippen molar-refractivity contribution in [1.29, 1.82) is 0 Å². The van der Waals surface area contributed by atoms with Crippen molar-refractivity contribution in [3.8, 4) is 11.5 Å². The molecule has 0 aromatic carbocycles. The zero-order valence-corrected chi connectivity index (χ0v) is 13.0. The fourth-order valence-corrected chi connectivity index (χ4v) is 2.18. The van der Waals surface area contributed by atoms with Crippen LogP contribution in [0.15, 0.2) is 6.07 Å². The zero-order chi connectivity index (χ0) is 16.3. The molecule has 122 valence electrons. The summed E-state index contributed by atoms with van der Waals surface area (Å²) in [6.45, 7) is 4.36. The topological polar surface area (TPSA) is 68.8 Å². The van der Waals surface area contributed by atoms with Gasteiger partial charge in [-0.25, -0.2) is 18.4 Å². The molecular weight excluding hydrogens is 292 g/mol. The summed E-state index contributed by atoms with van der Waals surface area (Å²) >= 11 is 0. The molecule has 0 bridgehead atoms. The summed E-state index contributed by atoms with van der Waals surface area (Å²) < 4.78 is 28.5. The third-order valence-electron chi connectivity index (χ3n) is 3.61. The summed E-state index contributed by atoms with van der Waals surface area (Å²) in [4.78, 5) is 4.46. The first kappa shape index (κ1) is 16.5. The largest absolute Gasteiger partial charge is 0.394 e. The summed E-state index contributed by atoms with van der Waals surface area (Å²) in [7, 11) is 1.59. The number of hydrogen-bond acceptors (Lipinski definition) is 4. The van der Waals surface area contributed by atoms with E-state index in [1.807, 2.05) is 0 Å². The molecule has 22 heavy (non-hydrogen) atoms. The van der Waals surface area contributed by atoms with E-state index in [4.69, 9.17) is 5.11 Å². The van der Waals surface area contributed by atoms with E-state index in [-0.39, 0.29) is 18.8 Å². The van der Waals surface area contributed by atoms with Crippen molar-refractivity contribution >= 4 is 0 Å². The summed E-state index contributed by atoms with van der Waals surface area (Å²) in [6, 6.07) is 1.32. The molecule has 0 spiro atoms. The Morgan fingerprint density at radius 2 is 2.05 bits per heavy atom. The standard InChI is InChI=1S/C14H21F2N5O/c1-4-9(2)7-12-17-14(21(19-12)5-6-22)11-8-10(13(15)16)18-20(11)3/h8-9,13,22H,4-7H2,1-3H3/t9-/m0/s1. The quantitative estimate of drug-likeness (QED) is 0.851. The van der Waals surface area contributed by atoms with E-state index in [2.05, 4.69) is 29.0 Å². The van der Waals surface area contributed by atoms with E-state index in [1.165, 1.54) is 10.7 Å². The van der Waals surface area contributed by atoms with Gasteiger partial charge in [0.2, 0.25) is 0 Å². The van der Waals surface area contributed by atoms with Crippen LogP contribution in [-0.2, 0) is 20.0 Å². The van der Waals surface area contributed by atoms with E-state index >= 15 is 0 Å². The molecule has 0 aliphatic carbocycles. The average molecular weight is 313 g/mol. The zero-order valence-electron chi connectivity index (χ0n) is 13.0. The third-order valence-corrected chi connectivity index (χ3v) is 3.61. The number of aliphatic hydroxyl groups is 1. The van der Waals surface area contributed by atoms with Crippen molar-refractivity contribution in [2.24, 2.45) is 13.0 Å². The molecule has 0 aliphatic heterocycles. The van der Waals surface area contributed by atoms with E-state index < -0.39 is 6.43 Å². The van der Waals surface area contributed by atoms with Crippen molar-refractivity contribution in [2.75, 3.05) is 6.61 Å². The summed E-state index contributed by atoms with van der Waals surface area (Å²) in [5.41, 5.74) is 0.172. The van der Waals surface area contributed by atoms with Crippen LogP contribution >= 0.6 is 0 Å². The van der Waals surface area contributed by atoms with E-state index in [0.29, 0.717) is 29.7 Å². The van der Waals surface area contributed by atoms with E-state index in [1.54, 1.807) is 11.7 Å². The smallest absolute Gasteiger partial charge is 0.282 e. The number of aliphatic hydroxyl groups excluding tert-OH is 1. The monoisotopic (exact) mass is 313 g/mol. The van der Waals surface area contributed by atoms with Crippen LogP contribution in [0, 0.1) is 5.92 Å². The van der Waals surface area contributed by atoms with Gasteiger partial charge in [0.15, 0.2) is 11.6 Å². The van der Waals surface area contributed by atoms with Gasteiger partial charge in [-0.05, 0) is 12.0 Å². The molecule has 0 fully saturated rings. The lowest BCUT2D eigenvalue weighted by molar-refractivity contribution is 0.145. The van der Waals surface area contributed by atoms with Crippen LogP contribution in [-0.4, -0.2) is 36.3 Å². The Morgan fingerprint density at radius 1 is 1.32 bits per heavy atom. The molecule has 0 amide bonds. The van der Waals surface area contributed by atoms with Crippen LogP contribution in [0.25, 0.3) is 11.5 Å². The molecule has 1 atom stereocenters. The summed E-state index contributed by atoms with van der Waals surface area (Å²) in [5, 5.41) is 17.3. The SMILES string of the molecule is CC[C@H](C)Cc1nc(-c2cc(C(F)F)nn2C)n(CCO)n1. The summed E-state index contributed by atoms with van der Waals surface area (Å²) in [6.07, 6.45) is -0.916. The maximum absolute atomic E-state index is 12.8. The molecular formula is C14H21F2N5O. The number of alkyl halides is 2. The Bertz CT molecular complexity index is 623. The second-order valence-electron chi connectivity index (χ2n) is 5.39. The molecule has 2 heterocycles. The van der Waals surface area contributed by atoms with Gasteiger partial charge in [-0.1, -0.05) is 20.3 Å². The highest BCUT2D eigenvalue weighted by Crippen LogP contribution is 2.24. The fourth-order valence-electron chi connectivity index (χ4n) is 2.18. The highest BCUT2D eigenvalue weighted by atomic mass is 19.3. The van der Waals surface area contributed by atoms with Crippen LogP contribution in [0.5, 0.6) is 0 Å². The number of halogens is 2. The summed E-state index contributed by atoms with van der Waals surface area (Å²) in [5.74, 6) is 1.54. The Labute approximate surface area is 127 Å². The Balaban J connectivity index is 2.40. The minimum absolute atomic E-state index is 0.0985. The van der Waals surface area contributed by atoms with Gasteiger partial charge in [-0.15, -0.1) is 0 Å². The van der Waals surface area contributed by atoms with Gasteiger partial charge in [0.05, 0.1) is 13.2 Å². The number of aryl methyl sites for hydroxylation is 1. The van der Waals surface area contributed by atoms with Gasteiger partial charge < -0.3 is 5.11 Å². The molecule has 8 heteroatoms. The van der Waals surface area contributed by atoms with Gasteiger partial charge in [0.25, 0.3) is 6.43 Å². The Morgan fingerprint density at radius 3 is 2.59 bits per heavy atom. The maximum atomic E-state index is 12.8. The van der Waals surface area contributed by atoms with Crippen molar-refractivity contribution in [3.05, 3.63) is 17.6 Å². The minimum atomic E-state index is -2.63. The lowest BCUT2D eigenvalue weighted by atomic mass is 10.1. The van der Waals surface area contributed by atoms with Crippen LogP contribution in [0.2, 0.25) is 0 Å². The van der Waals surface area contributed by atoms with Crippen molar-refractivity contribution in [1.82, 2.24) is 24.5 Å². The van der Waals surface area contributed by atoms with E-state index in [9.17, 15) is 8.78 Å². The molecule has 1 N–H and O–H groups in total. The highest BCUT2D eigenvalue weighted by Gasteiger charge is 2.20. The first-order valence-corrected chi connectivity index (χ1v) is 7.33. The molecule has 0 aliphatic rings. The number of nitrogens with zero attached hydrogens (tertiary/aromatic N) is 5. The number of rotatable bonds is 7. The van der Waals surface area contributed by atoms with Gasteiger partial charge in [0.1, 0.15) is 11.4 Å². The fraction of sp³-hybridized carbons (Fsp3) is 0.643.